The summed E-state index contributed by atoms with van der Waals surface area (Å²) in [6.07, 6.45) is 3.22. The van der Waals surface area contributed by atoms with Crippen molar-refractivity contribution in [1.29, 1.82) is 0 Å². The number of aromatic nitrogens is 7. The van der Waals surface area contributed by atoms with Crippen LogP contribution in [-0.4, -0.2) is 41.0 Å². The molecule has 176 valence electrons. The van der Waals surface area contributed by atoms with E-state index in [1.165, 1.54) is 6.07 Å². The van der Waals surface area contributed by atoms with Crippen molar-refractivity contribution >= 4 is 17.4 Å². The largest absolute Gasteiger partial charge is 0.482 e. The van der Waals surface area contributed by atoms with Crippen molar-refractivity contribution in [3.05, 3.63) is 72.3 Å². The Kier molecular flexibility index (Phi) is 4.98. The Morgan fingerprint density at radius 2 is 1.97 bits per heavy atom. The van der Waals surface area contributed by atoms with E-state index in [1.807, 2.05) is 25.2 Å². The number of anilines is 2. The highest BCUT2D eigenvalue weighted by molar-refractivity contribution is 5.67. The summed E-state index contributed by atoms with van der Waals surface area (Å²) in [6, 6.07) is 10.7. The first-order chi connectivity index (χ1) is 17.0. The second-order valence-corrected chi connectivity index (χ2v) is 7.88. The van der Waals surface area contributed by atoms with Gasteiger partial charge in [0.15, 0.2) is 29.2 Å². The lowest BCUT2D eigenvalue weighted by atomic mass is 10.2. The van der Waals surface area contributed by atoms with Crippen molar-refractivity contribution < 1.29 is 18.3 Å². The van der Waals surface area contributed by atoms with Crippen LogP contribution in [0.4, 0.5) is 20.5 Å². The second-order valence-electron chi connectivity index (χ2n) is 7.88. The van der Waals surface area contributed by atoms with E-state index in [2.05, 4.69) is 30.6 Å². The van der Waals surface area contributed by atoms with E-state index in [0.717, 1.165) is 23.5 Å². The van der Waals surface area contributed by atoms with Crippen LogP contribution in [0.2, 0.25) is 0 Å². The third-order valence-electron chi connectivity index (χ3n) is 5.60. The number of aryl methyl sites for hydroxylation is 1. The normalized spacial score (nSPS) is 15.0. The molecule has 0 fully saturated rings. The zero-order chi connectivity index (χ0) is 23.9. The van der Waals surface area contributed by atoms with Crippen molar-refractivity contribution in [3.63, 3.8) is 0 Å². The molecule has 0 unspecified atom stereocenters. The molecule has 0 saturated heterocycles. The molecule has 1 aliphatic heterocycles. The van der Waals surface area contributed by atoms with E-state index in [4.69, 9.17) is 9.47 Å². The van der Waals surface area contributed by atoms with Crippen molar-refractivity contribution in [1.82, 2.24) is 34.3 Å². The molecule has 1 aromatic carbocycles. The first kappa shape index (κ1) is 21.0. The van der Waals surface area contributed by atoms with Crippen LogP contribution in [0.15, 0.2) is 54.9 Å². The fourth-order valence-electron chi connectivity index (χ4n) is 3.89. The summed E-state index contributed by atoms with van der Waals surface area (Å²) < 4.78 is 42.3. The summed E-state index contributed by atoms with van der Waals surface area (Å²) in [7, 11) is 1.82. The van der Waals surface area contributed by atoms with Crippen molar-refractivity contribution in [2.24, 2.45) is 7.05 Å². The molecular formula is C23H18F2N8O2. The van der Waals surface area contributed by atoms with Gasteiger partial charge in [0.25, 0.3) is 0 Å². The fourth-order valence-corrected chi connectivity index (χ4v) is 3.89. The second kappa shape index (κ2) is 8.31. The Balaban J connectivity index is 1.34. The van der Waals surface area contributed by atoms with Crippen molar-refractivity contribution in [3.8, 4) is 22.9 Å². The van der Waals surface area contributed by atoms with Gasteiger partial charge in [-0.25, -0.2) is 23.1 Å². The number of rotatable bonds is 5. The van der Waals surface area contributed by atoms with E-state index in [9.17, 15) is 8.78 Å². The first-order valence-corrected chi connectivity index (χ1v) is 10.8. The standard InChI is InChI=1S/C23H18F2N8O2/c1-32-19(5-8-27-32)29-23-26-7-4-17(28-23)13-10-20-30-31-22-18(6-9-34-21(11-13)33(20)22)35-14-2-3-15(24)16(25)12-14/h2-5,7-8,10-12,18H,6,9H2,1H3,(H,26,28,29)/t18-/m0/s1. The lowest BCUT2D eigenvalue weighted by Crippen LogP contribution is -2.12. The van der Waals surface area contributed by atoms with Crippen LogP contribution in [0.5, 0.6) is 11.6 Å². The van der Waals surface area contributed by atoms with Gasteiger partial charge in [-0.2, -0.15) is 5.10 Å². The molecule has 12 heteroatoms. The predicted molar refractivity (Wildman–Crippen MR) is 120 cm³/mol. The number of pyridine rings is 1. The van der Waals surface area contributed by atoms with Gasteiger partial charge in [0.05, 0.1) is 18.5 Å². The van der Waals surface area contributed by atoms with Crippen molar-refractivity contribution in [2.75, 3.05) is 11.9 Å². The quantitative estimate of drug-likeness (QED) is 0.408. The summed E-state index contributed by atoms with van der Waals surface area (Å²) in [4.78, 5) is 8.89. The van der Waals surface area contributed by atoms with E-state index < -0.39 is 17.7 Å². The Bertz CT molecular complexity index is 1550. The molecular weight excluding hydrogens is 458 g/mol. The molecule has 5 heterocycles. The van der Waals surface area contributed by atoms with Gasteiger partial charge in [-0.1, -0.05) is 0 Å². The molecule has 4 aromatic heterocycles. The third-order valence-corrected chi connectivity index (χ3v) is 5.60. The summed E-state index contributed by atoms with van der Waals surface area (Å²) in [5.74, 6) is 0.471. The van der Waals surface area contributed by atoms with E-state index >= 15 is 0 Å². The number of hydrogen-bond acceptors (Lipinski definition) is 8. The smallest absolute Gasteiger partial charge is 0.228 e. The van der Waals surface area contributed by atoms with Crippen LogP contribution in [0.25, 0.3) is 16.9 Å². The third kappa shape index (κ3) is 3.88. The molecule has 10 nitrogen and oxygen atoms in total. The molecule has 0 spiro atoms. The highest BCUT2D eigenvalue weighted by Gasteiger charge is 2.26. The van der Waals surface area contributed by atoms with Gasteiger partial charge in [-0.15, -0.1) is 10.2 Å². The maximum Gasteiger partial charge on any atom is 0.228 e. The first-order valence-electron chi connectivity index (χ1n) is 10.8. The van der Waals surface area contributed by atoms with Gasteiger partial charge in [-0.3, -0.25) is 4.68 Å². The molecule has 1 N–H and O–H groups in total. The molecule has 0 saturated carbocycles. The number of benzene rings is 1. The molecule has 5 aromatic rings. The highest BCUT2D eigenvalue weighted by atomic mass is 19.2. The summed E-state index contributed by atoms with van der Waals surface area (Å²) in [6.45, 7) is 0.327. The number of nitrogens with one attached hydrogen (secondary N) is 1. The molecule has 1 atom stereocenters. The Hall–Kier alpha value is -4.61. The molecule has 0 amide bonds. The van der Waals surface area contributed by atoms with Gasteiger partial charge < -0.3 is 14.8 Å². The number of halogens is 2. The van der Waals surface area contributed by atoms with Crippen LogP contribution < -0.4 is 14.8 Å². The van der Waals surface area contributed by atoms with Crippen molar-refractivity contribution in [2.45, 2.75) is 12.5 Å². The number of nitrogens with zero attached hydrogens (tertiary/aromatic N) is 7. The lowest BCUT2D eigenvalue weighted by molar-refractivity contribution is 0.165. The Morgan fingerprint density at radius 1 is 1.06 bits per heavy atom. The van der Waals surface area contributed by atoms with Crippen LogP contribution >= 0.6 is 0 Å². The SMILES string of the molecule is Cn1nccc1Nc1nccc(-c2cc3n4c(nnc4c2)[C@@H](Oc2ccc(F)c(F)c2)CCO3)n1. The monoisotopic (exact) mass is 476 g/mol. The molecule has 1 aliphatic rings. The minimum Gasteiger partial charge on any atom is -0.482 e. The summed E-state index contributed by atoms with van der Waals surface area (Å²) in [5, 5.41) is 15.8. The molecule has 6 rings (SSSR count). The number of hydrogen-bond donors (Lipinski definition) is 1. The Labute approximate surface area is 197 Å². The van der Waals surface area contributed by atoms with Crippen LogP contribution in [-0.2, 0) is 7.05 Å². The molecule has 0 aliphatic carbocycles. The van der Waals surface area contributed by atoms with Gasteiger partial charge in [0.2, 0.25) is 11.8 Å². The zero-order valence-electron chi connectivity index (χ0n) is 18.4. The maximum absolute atomic E-state index is 13.6. The van der Waals surface area contributed by atoms with Crippen LogP contribution in [0, 0.1) is 11.6 Å². The number of ether oxygens (including phenoxy) is 2. The van der Waals surface area contributed by atoms with E-state index in [1.54, 1.807) is 27.5 Å². The highest BCUT2D eigenvalue weighted by Crippen LogP contribution is 2.33. The summed E-state index contributed by atoms with van der Waals surface area (Å²) >= 11 is 0. The average Bonchev–Trinajstić information content (AvgIpc) is 3.42. The molecule has 35 heavy (non-hydrogen) atoms. The van der Waals surface area contributed by atoms with E-state index in [-0.39, 0.29) is 5.75 Å². The maximum atomic E-state index is 13.6. The minimum absolute atomic E-state index is 0.195. The van der Waals surface area contributed by atoms with E-state index in [0.29, 0.717) is 42.0 Å². The van der Waals surface area contributed by atoms with Gasteiger partial charge in [0, 0.05) is 43.4 Å². The molecule has 0 bridgehead atoms. The van der Waals surface area contributed by atoms with Crippen LogP contribution in [0.3, 0.4) is 0 Å². The van der Waals surface area contributed by atoms with Gasteiger partial charge in [0.1, 0.15) is 11.6 Å². The predicted octanol–water partition coefficient (Wildman–Crippen LogP) is 3.84. The van der Waals surface area contributed by atoms with Gasteiger partial charge in [-0.05, 0) is 24.3 Å². The topological polar surface area (TPSA) is 104 Å². The summed E-state index contributed by atoms with van der Waals surface area (Å²) in [5.41, 5.74) is 1.96. The zero-order valence-corrected chi connectivity index (χ0v) is 18.4. The minimum atomic E-state index is -0.981. The molecule has 0 radical (unpaired) electrons. The van der Waals surface area contributed by atoms with Gasteiger partial charge >= 0.3 is 0 Å². The Morgan fingerprint density at radius 3 is 2.80 bits per heavy atom. The average molecular weight is 476 g/mol. The van der Waals surface area contributed by atoms with Crippen LogP contribution in [0.1, 0.15) is 18.3 Å². The fraction of sp³-hybridized carbons (Fsp3) is 0.174. The lowest BCUT2D eigenvalue weighted by Gasteiger charge is -2.15.